The Kier molecular flexibility index (Phi) is 4.39. The number of carbonyl (C=O) groups is 1. The molecule has 0 aliphatic carbocycles. The van der Waals surface area contributed by atoms with Crippen molar-refractivity contribution in [3.8, 4) is 12.3 Å². The first kappa shape index (κ1) is 9.03. The van der Waals surface area contributed by atoms with E-state index < -0.39 is 0 Å². The summed E-state index contributed by atoms with van der Waals surface area (Å²) >= 11 is 0. The van der Waals surface area contributed by atoms with Gasteiger partial charge in [-0.15, -0.1) is 12.3 Å². The molecule has 0 unspecified atom stereocenters. The zero-order valence-electron chi connectivity index (χ0n) is 6.48. The first-order valence-electron chi connectivity index (χ1n) is 3.39. The minimum absolute atomic E-state index is 0.0535. The fraction of sp³-hybridized carbons (Fsp3) is 0.625. The molecular formula is C8H13NO. The van der Waals surface area contributed by atoms with E-state index in [0.29, 0.717) is 13.0 Å². The molecule has 56 valence electrons. The fourth-order valence-corrected chi connectivity index (χ4v) is 0.462. The molecule has 1 N–H and O–H groups in total. The summed E-state index contributed by atoms with van der Waals surface area (Å²) in [6.07, 6.45) is 5.60. The third kappa shape index (κ3) is 3.96. The van der Waals surface area contributed by atoms with Crippen LogP contribution in [0.3, 0.4) is 0 Å². The lowest BCUT2D eigenvalue weighted by Gasteiger charge is -2.04. The third-order valence-corrected chi connectivity index (χ3v) is 1.09. The molecule has 1 amide bonds. The summed E-state index contributed by atoms with van der Waals surface area (Å²) in [4.78, 5) is 10.8. The highest BCUT2D eigenvalue weighted by Gasteiger charge is 2.03. The summed E-state index contributed by atoms with van der Waals surface area (Å²) in [6, 6.07) is 0. The van der Waals surface area contributed by atoms with Gasteiger partial charge in [-0.05, 0) is 0 Å². The molecule has 0 saturated carbocycles. The van der Waals surface area contributed by atoms with Gasteiger partial charge in [0, 0.05) is 18.9 Å². The van der Waals surface area contributed by atoms with Crippen LogP contribution in [0.5, 0.6) is 0 Å². The van der Waals surface area contributed by atoms with Gasteiger partial charge in [-0.1, -0.05) is 13.8 Å². The van der Waals surface area contributed by atoms with Gasteiger partial charge >= 0.3 is 0 Å². The van der Waals surface area contributed by atoms with Crippen LogP contribution in [0, 0.1) is 18.3 Å². The van der Waals surface area contributed by atoms with Crippen molar-refractivity contribution in [3.05, 3.63) is 0 Å². The average Bonchev–Trinajstić information content (AvgIpc) is 1.88. The zero-order valence-corrected chi connectivity index (χ0v) is 6.48. The van der Waals surface area contributed by atoms with Crippen LogP contribution in [-0.2, 0) is 4.79 Å². The monoisotopic (exact) mass is 139 g/mol. The van der Waals surface area contributed by atoms with E-state index in [2.05, 4.69) is 11.2 Å². The van der Waals surface area contributed by atoms with Gasteiger partial charge < -0.3 is 5.32 Å². The van der Waals surface area contributed by atoms with Gasteiger partial charge in [0.25, 0.3) is 0 Å². The summed E-state index contributed by atoms with van der Waals surface area (Å²) in [5.41, 5.74) is 0. The highest BCUT2D eigenvalue weighted by Crippen LogP contribution is 1.89. The predicted octanol–water partition coefficient (Wildman–Crippen LogP) is 0.782. The molecule has 0 saturated heterocycles. The van der Waals surface area contributed by atoms with Gasteiger partial charge in [0.15, 0.2) is 0 Å². The van der Waals surface area contributed by atoms with Gasteiger partial charge in [0.2, 0.25) is 5.91 Å². The van der Waals surface area contributed by atoms with Crippen LogP contribution in [0.1, 0.15) is 20.3 Å². The Morgan fingerprint density at radius 1 is 1.70 bits per heavy atom. The van der Waals surface area contributed by atoms with Crippen molar-refractivity contribution in [2.45, 2.75) is 20.3 Å². The Morgan fingerprint density at radius 2 is 2.30 bits per heavy atom. The highest BCUT2D eigenvalue weighted by atomic mass is 16.1. The molecule has 0 aliphatic heterocycles. The second kappa shape index (κ2) is 4.87. The van der Waals surface area contributed by atoms with Crippen molar-refractivity contribution < 1.29 is 4.79 Å². The van der Waals surface area contributed by atoms with Crippen LogP contribution in [0.4, 0.5) is 0 Å². The van der Waals surface area contributed by atoms with E-state index in [1.807, 2.05) is 13.8 Å². The summed E-state index contributed by atoms with van der Waals surface area (Å²) in [5.74, 6) is 2.57. The minimum atomic E-state index is 0.0535. The average molecular weight is 139 g/mol. The number of terminal acetylenes is 1. The zero-order chi connectivity index (χ0) is 7.98. The lowest BCUT2D eigenvalue weighted by Crippen LogP contribution is -2.28. The number of carbonyl (C=O) groups excluding carboxylic acids is 1. The second-order valence-corrected chi connectivity index (χ2v) is 2.40. The Balaban J connectivity index is 3.33. The van der Waals surface area contributed by atoms with Crippen molar-refractivity contribution in [2.24, 2.45) is 5.92 Å². The molecule has 2 nitrogen and oxygen atoms in total. The van der Waals surface area contributed by atoms with Crippen molar-refractivity contribution in [3.63, 3.8) is 0 Å². The lowest BCUT2D eigenvalue weighted by molar-refractivity contribution is -0.123. The molecule has 0 aromatic carbocycles. The normalized spacial score (nSPS) is 9.00. The first-order valence-corrected chi connectivity index (χ1v) is 3.39. The molecule has 0 aromatic heterocycles. The second-order valence-electron chi connectivity index (χ2n) is 2.40. The van der Waals surface area contributed by atoms with Crippen LogP contribution in [-0.4, -0.2) is 12.5 Å². The van der Waals surface area contributed by atoms with E-state index in [-0.39, 0.29) is 11.8 Å². The molecule has 0 atom stereocenters. The number of amides is 1. The van der Waals surface area contributed by atoms with Crippen LogP contribution in [0.25, 0.3) is 0 Å². The van der Waals surface area contributed by atoms with E-state index in [1.165, 1.54) is 0 Å². The standard InChI is InChI=1S/C8H13NO/c1-4-5-6-9-8(10)7(2)3/h1,7H,5-6H2,2-3H3,(H,9,10). The summed E-state index contributed by atoms with van der Waals surface area (Å²) in [5, 5.41) is 2.70. The SMILES string of the molecule is C#CCCNC(=O)C(C)C. The molecule has 0 spiro atoms. The molecule has 0 heterocycles. The number of rotatable bonds is 3. The first-order chi connectivity index (χ1) is 4.68. The van der Waals surface area contributed by atoms with Crippen molar-refractivity contribution >= 4 is 5.91 Å². The minimum Gasteiger partial charge on any atom is -0.355 e. The van der Waals surface area contributed by atoms with E-state index in [9.17, 15) is 4.79 Å². The molecular weight excluding hydrogens is 126 g/mol. The molecule has 0 bridgehead atoms. The molecule has 0 aromatic rings. The van der Waals surface area contributed by atoms with E-state index >= 15 is 0 Å². The van der Waals surface area contributed by atoms with E-state index in [1.54, 1.807) is 0 Å². The van der Waals surface area contributed by atoms with Gasteiger partial charge in [-0.2, -0.15) is 0 Å². The van der Waals surface area contributed by atoms with Crippen molar-refractivity contribution in [1.82, 2.24) is 5.32 Å². The smallest absolute Gasteiger partial charge is 0.222 e. The molecule has 0 aliphatic rings. The summed E-state index contributed by atoms with van der Waals surface area (Å²) in [7, 11) is 0. The summed E-state index contributed by atoms with van der Waals surface area (Å²) < 4.78 is 0. The molecule has 0 rings (SSSR count). The van der Waals surface area contributed by atoms with E-state index in [0.717, 1.165) is 0 Å². The predicted molar refractivity (Wildman–Crippen MR) is 41.3 cm³/mol. The van der Waals surface area contributed by atoms with Gasteiger partial charge in [-0.25, -0.2) is 0 Å². The number of nitrogens with one attached hydrogen (secondary N) is 1. The number of hydrogen-bond acceptors (Lipinski definition) is 1. The van der Waals surface area contributed by atoms with Crippen LogP contribution in [0.15, 0.2) is 0 Å². The fourth-order valence-electron chi connectivity index (χ4n) is 0.462. The third-order valence-electron chi connectivity index (χ3n) is 1.09. The largest absolute Gasteiger partial charge is 0.355 e. The van der Waals surface area contributed by atoms with Gasteiger partial charge in [0.1, 0.15) is 0 Å². The summed E-state index contributed by atoms with van der Waals surface area (Å²) in [6.45, 7) is 4.30. The molecule has 2 heteroatoms. The Bertz CT molecular complexity index is 144. The Morgan fingerprint density at radius 3 is 2.70 bits per heavy atom. The molecule has 0 fully saturated rings. The van der Waals surface area contributed by atoms with Crippen molar-refractivity contribution in [2.75, 3.05) is 6.54 Å². The van der Waals surface area contributed by atoms with Gasteiger partial charge in [0.05, 0.1) is 0 Å². The highest BCUT2D eigenvalue weighted by molar-refractivity contribution is 5.77. The number of hydrogen-bond donors (Lipinski definition) is 1. The maximum atomic E-state index is 10.8. The quantitative estimate of drug-likeness (QED) is 0.454. The van der Waals surface area contributed by atoms with Crippen molar-refractivity contribution in [1.29, 1.82) is 0 Å². The Labute approximate surface area is 62.0 Å². The lowest BCUT2D eigenvalue weighted by atomic mass is 10.2. The van der Waals surface area contributed by atoms with Crippen LogP contribution >= 0.6 is 0 Å². The van der Waals surface area contributed by atoms with E-state index in [4.69, 9.17) is 6.42 Å². The van der Waals surface area contributed by atoms with Crippen LogP contribution in [0.2, 0.25) is 0 Å². The maximum Gasteiger partial charge on any atom is 0.222 e. The van der Waals surface area contributed by atoms with Crippen LogP contribution < -0.4 is 5.32 Å². The molecule has 10 heavy (non-hydrogen) atoms. The molecule has 0 radical (unpaired) electrons. The Hall–Kier alpha value is -0.970. The maximum absolute atomic E-state index is 10.8. The van der Waals surface area contributed by atoms with Gasteiger partial charge in [-0.3, -0.25) is 4.79 Å². The topological polar surface area (TPSA) is 29.1 Å².